The van der Waals surface area contributed by atoms with Crippen molar-refractivity contribution in [1.82, 2.24) is 19.8 Å². The summed E-state index contributed by atoms with van der Waals surface area (Å²) >= 11 is 0. The number of hydrogen-bond donors (Lipinski definition) is 0. The van der Waals surface area contributed by atoms with Gasteiger partial charge in [0.1, 0.15) is 0 Å². The molecule has 108 valence electrons. The highest BCUT2D eigenvalue weighted by molar-refractivity contribution is 5.37. The Morgan fingerprint density at radius 1 is 1.15 bits per heavy atom. The molecule has 0 aromatic carbocycles. The van der Waals surface area contributed by atoms with Gasteiger partial charge in [-0.2, -0.15) is 22.8 Å². The van der Waals surface area contributed by atoms with Gasteiger partial charge in [0.2, 0.25) is 0 Å². The number of rotatable bonds is 1. The molecule has 2 atom stereocenters. The lowest BCUT2D eigenvalue weighted by Gasteiger charge is -2.28. The fraction of sp³-hybridized carbons (Fsp3) is 0.615. The van der Waals surface area contributed by atoms with Crippen molar-refractivity contribution >= 4 is 5.65 Å². The SMILES string of the molecule is CC1CCCCC1c1ccc2nnc(C(F)(F)F)n2n1. The minimum atomic E-state index is -4.54. The number of hydrogen-bond acceptors (Lipinski definition) is 3. The summed E-state index contributed by atoms with van der Waals surface area (Å²) in [6.45, 7) is 2.13. The molecular weight excluding hydrogens is 269 g/mol. The Labute approximate surface area is 114 Å². The first-order valence-electron chi connectivity index (χ1n) is 6.76. The Bertz CT molecular complexity index is 620. The van der Waals surface area contributed by atoms with Crippen molar-refractivity contribution in [2.75, 3.05) is 0 Å². The van der Waals surface area contributed by atoms with Gasteiger partial charge < -0.3 is 0 Å². The molecule has 0 amide bonds. The lowest BCUT2D eigenvalue weighted by atomic mass is 9.78. The van der Waals surface area contributed by atoms with Crippen molar-refractivity contribution in [2.45, 2.75) is 44.7 Å². The minimum absolute atomic E-state index is 0.129. The molecular formula is C13H15F3N4. The van der Waals surface area contributed by atoms with Gasteiger partial charge in [0.15, 0.2) is 5.65 Å². The van der Waals surface area contributed by atoms with Crippen LogP contribution in [0.2, 0.25) is 0 Å². The molecule has 20 heavy (non-hydrogen) atoms. The van der Waals surface area contributed by atoms with Gasteiger partial charge in [-0.05, 0) is 24.5 Å². The summed E-state index contributed by atoms with van der Waals surface area (Å²) in [6, 6.07) is 3.34. The summed E-state index contributed by atoms with van der Waals surface area (Å²) in [5, 5.41) is 10.9. The molecule has 3 rings (SSSR count). The molecule has 1 saturated carbocycles. The number of nitrogens with zero attached hydrogens (tertiary/aromatic N) is 4. The van der Waals surface area contributed by atoms with E-state index in [0.717, 1.165) is 23.8 Å². The molecule has 0 bridgehead atoms. The third kappa shape index (κ3) is 2.25. The first-order chi connectivity index (χ1) is 9.47. The predicted molar refractivity (Wildman–Crippen MR) is 66.2 cm³/mol. The van der Waals surface area contributed by atoms with E-state index in [9.17, 15) is 13.2 Å². The van der Waals surface area contributed by atoms with Gasteiger partial charge in [0.25, 0.3) is 5.82 Å². The molecule has 4 nitrogen and oxygen atoms in total. The summed E-state index contributed by atoms with van der Waals surface area (Å²) < 4.78 is 39.3. The molecule has 1 aliphatic rings. The Hall–Kier alpha value is -1.66. The van der Waals surface area contributed by atoms with Crippen molar-refractivity contribution in [3.05, 3.63) is 23.7 Å². The van der Waals surface area contributed by atoms with Crippen LogP contribution in [-0.4, -0.2) is 19.8 Å². The summed E-state index contributed by atoms with van der Waals surface area (Å²) in [5.41, 5.74) is 0.833. The summed E-state index contributed by atoms with van der Waals surface area (Å²) in [5.74, 6) is -0.394. The van der Waals surface area contributed by atoms with Gasteiger partial charge in [0.05, 0.1) is 5.69 Å². The van der Waals surface area contributed by atoms with Gasteiger partial charge in [-0.3, -0.25) is 0 Å². The smallest absolute Gasteiger partial charge is 0.189 e. The fourth-order valence-electron chi connectivity index (χ4n) is 2.93. The van der Waals surface area contributed by atoms with Crippen LogP contribution < -0.4 is 0 Å². The van der Waals surface area contributed by atoms with E-state index in [0.29, 0.717) is 11.6 Å². The van der Waals surface area contributed by atoms with Gasteiger partial charge in [-0.25, -0.2) is 0 Å². The van der Waals surface area contributed by atoms with Crippen molar-refractivity contribution in [3.63, 3.8) is 0 Å². The lowest BCUT2D eigenvalue weighted by Crippen LogP contribution is -2.18. The second-order valence-electron chi connectivity index (χ2n) is 5.42. The monoisotopic (exact) mass is 284 g/mol. The summed E-state index contributed by atoms with van der Waals surface area (Å²) in [7, 11) is 0. The van der Waals surface area contributed by atoms with Crippen LogP contribution in [0.25, 0.3) is 5.65 Å². The van der Waals surface area contributed by atoms with Crippen LogP contribution in [0, 0.1) is 5.92 Å². The first-order valence-corrected chi connectivity index (χ1v) is 6.76. The third-order valence-electron chi connectivity index (χ3n) is 4.03. The second kappa shape index (κ2) is 4.71. The zero-order valence-corrected chi connectivity index (χ0v) is 11.1. The van der Waals surface area contributed by atoms with Gasteiger partial charge in [-0.15, -0.1) is 10.2 Å². The number of alkyl halides is 3. The topological polar surface area (TPSA) is 43.1 Å². The van der Waals surface area contributed by atoms with Crippen LogP contribution in [-0.2, 0) is 6.18 Å². The molecule has 7 heteroatoms. The summed E-state index contributed by atoms with van der Waals surface area (Å²) in [4.78, 5) is 0. The molecule has 2 heterocycles. The zero-order valence-electron chi connectivity index (χ0n) is 11.1. The molecule has 2 aromatic rings. The maximum Gasteiger partial charge on any atom is 0.453 e. The average molecular weight is 284 g/mol. The Morgan fingerprint density at radius 3 is 2.60 bits per heavy atom. The van der Waals surface area contributed by atoms with Crippen LogP contribution >= 0.6 is 0 Å². The largest absolute Gasteiger partial charge is 0.453 e. The number of aromatic nitrogens is 4. The number of fused-ring (bicyclic) bond motifs is 1. The fourth-order valence-corrected chi connectivity index (χ4v) is 2.93. The standard InChI is InChI=1S/C13H15F3N4/c1-8-4-2-3-5-9(8)10-6-7-11-17-18-12(13(14,15)16)20(11)19-10/h6-9H,2-5H2,1H3. The zero-order chi connectivity index (χ0) is 14.3. The van der Waals surface area contributed by atoms with Gasteiger partial charge in [-0.1, -0.05) is 26.2 Å². The van der Waals surface area contributed by atoms with E-state index < -0.39 is 12.0 Å². The molecule has 0 radical (unpaired) electrons. The van der Waals surface area contributed by atoms with Crippen LogP contribution in [0.4, 0.5) is 13.2 Å². The van der Waals surface area contributed by atoms with E-state index in [2.05, 4.69) is 22.2 Å². The van der Waals surface area contributed by atoms with E-state index in [-0.39, 0.29) is 11.6 Å². The highest BCUT2D eigenvalue weighted by Crippen LogP contribution is 2.36. The molecule has 2 aromatic heterocycles. The molecule has 2 unspecified atom stereocenters. The van der Waals surface area contributed by atoms with Crippen LogP contribution in [0.3, 0.4) is 0 Å². The highest BCUT2D eigenvalue weighted by Gasteiger charge is 2.38. The Morgan fingerprint density at radius 2 is 1.90 bits per heavy atom. The predicted octanol–water partition coefficient (Wildman–Crippen LogP) is 3.44. The summed E-state index contributed by atoms with van der Waals surface area (Å²) in [6.07, 6.45) is -0.186. The quantitative estimate of drug-likeness (QED) is 0.805. The van der Waals surface area contributed by atoms with Crippen molar-refractivity contribution in [1.29, 1.82) is 0 Å². The van der Waals surface area contributed by atoms with Crippen molar-refractivity contribution < 1.29 is 13.2 Å². The minimum Gasteiger partial charge on any atom is -0.189 e. The molecule has 0 spiro atoms. The first kappa shape index (κ1) is 13.3. The van der Waals surface area contributed by atoms with Crippen molar-refractivity contribution in [3.8, 4) is 0 Å². The van der Waals surface area contributed by atoms with E-state index in [1.54, 1.807) is 12.1 Å². The van der Waals surface area contributed by atoms with Crippen LogP contribution in [0.5, 0.6) is 0 Å². The normalized spacial score (nSPS) is 24.2. The lowest BCUT2D eigenvalue weighted by molar-refractivity contribution is -0.146. The molecule has 1 fully saturated rings. The van der Waals surface area contributed by atoms with Crippen molar-refractivity contribution in [2.24, 2.45) is 5.92 Å². The van der Waals surface area contributed by atoms with Crippen LogP contribution in [0.1, 0.15) is 50.0 Å². The molecule has 0 N–H and O–H groups in total. The maximum atomic E-state index is 12.8. The van der Waals surface area contributed by atoms with Gasteiger partial charge >= 0.3 is 6.18 Å². The Kier molecular flexibility index (Phi) is 3.14. The second-order valence-corrected chi connectivity index (χ2v) is 5.42. The molecule has 0 aliphatic heterocycles. The van der Waals surface area contributed by atoms with E-state index in [4.69, 9.17) is 0 Å². The third-order valence-corrected chi connectivity index (χ3v) is 4.03. The molecule has 0 saturated heterocycles. The van der Waals surface area contributed by atoms with E-state index in [1.807, 2.05) is 0 Å². The molecule has 1 aliphatic carbocycles. The Balaban J connectivity index is 2.05. The average Bonchev–Trinajstić information content (AvgIpc) is 2.82. The van der Waals surface area contributed by atoms with Crippen LogP contribution in [0.15, 0.2) is 12.1 Å². The van der Waals surface area contributed by atoms with E-state index >= 15 is 0 Å². The van der Waals surface area contributed by atoms with Gasteiger partial charge in [0, 0.05) is 5.92 Å². The van der Waals surface area contributed by atoms with E-state index in [1.165, 1.54) is 6.42 Å². The highest BCUT2D eigenvalue weighted by atomic mass is 19.4. The maximum absolute atomic E-state index is 12.8. The number of halogens is 3.